The monoisotopic (exact) mass is 841 g/mol. The van der Waals surface area contributed by atoms with Crippen LogP contribution in [0.3, 0.4) is 0 Å². The number of ketones is 1. The summed E-state index contributed by atoms with van der Waals surface area (Å²) < 4.78 is 54.2. The van der Waals surface area contributed by atoms with Gasteiger partial charge in [-0.2, -0.15) is 0 Å². The number of rotatable bonds is 12. The van der Waals surface area contributed by atoms with Crippen LogP contribution < -0.4 is 0 Å². The number of esters is 3. The van der Waals surface area contributed by atoms with Crippen molar-refractivity contribution in [3.63, 3.8) is 0 Å². The molecule has 17 nitrogen and oxygen atoms in total. The van der Waals surface area contributed by atoms with E-state index in [-0.39, 0.29) is 49.6 Å². The molecule has 3 saturated heterocycles. The van der Waals surface area contributed by atoms with Gasteiger partial charge in [0.05, 0.1) is 36.9 Å². The SMILES string of the molecule is CO[C@H]1[C@@H](O[C@@H]2O[C@H](C)[C@H](O[C@@H]3C[C@](C)(O)[C@H](OC(=O)CC(C)C)[C@H](C)O3)[C@H](N(C)C)[C@H]2O)[C@@H](CC=O)C[C@@H](C)C(=O)/C=C/[C@H]2O[C@H]2C[C@@H](C)OC(=O)C[C@H]1OC(C)=O. The van der Waals surface area contributed by atoms with Crippen LogP contribution in [0.4, 0.5) is 0 Å². The molecule has 59 heavy (non-hydrogen) atoms. The summed E-state index contributed by atoms with van der Waals surface area (Å²) in [6.45, 7) is 13.4. The molecule has 0 unspecified atom stereocenters. The highest BCUT2D eigenvalue weighted by atomic mass is 16.7. The lowest BCUT2D eigenvalue weighted by atomic mass is 9.83. The molecule has 4 aliphatic heterocycles. The lowest BCUT2D eigenvalue weighted by Crippen LogP contribution is -2.66. The van der Waals surface area contributed by atoms with Crippen LogP contribution in [0.5, 0.6) is 0 Å². The highest BCUT2D eigenvalue weighted by Gasteiger charge is 2.53. The number of aliphatic hydroxyl groups is 2. The number of carbonyl (C=O) groups excluding carboxylic acids is 5. The average Bonchev–Trinajstić information content (AvgIpc) is 3.85. The average molecular weight is 842 g/mol. The predicted octanol–water partition coefficient (Wildman–Crippen LogP) is 2.43. The smallest absolute Gasteiger partial charge is 0.309 e. The van der Waals surface area contributed by atoms with E-state index < -0.39 is 115 Å². The van der Waals surface area contributed by atoms with Gasteiger partial charge in [-0.15, -0.1) is 0 Å². The Balaban J connectivity index is 1.64. The minimum Gasteiger partial charge on any atom is -0.462 e. The summed E-state index contributed by atoms with van der Waals surface area (Å²) in [5, 5.41) is 23.5. The molecule has 2 N–H and O–H groups in total. The number of likely N-dealkylation sites (N-methyl/N-ethyl adjacent to an activating group) is 1. The number of epoxide rings is 1. The fourth-order valence-corrected chi connectivity index (χ4v) is 8.51. The second-order valence-corrected chi connectivity index (χ2v) is 17.5. The third-order valence-corrected chi connectivity index (χ3v) is 11.4. The second kappa shape index (κ2) is 21.3. The van der Waals surface area contributed by atoms with Gasteiger partial charge in [-0.25, -0.2) is 0 Å². The van der Waals surface area contributed by atoms with Crippen molar-refractivity contribution in [2.45, 2.75) is 185 Å². The van der Waals surface area contributed by atoms with Crippen LogP contribution >= 0.6 is 0 Å². The molecule has 4 rings (SSSR count). The van der Waals surface area contributed by atoms with Crippen LogP contribution in [-0.4, -0.2) is 158 Å². The Labute approximate surface area is 347 Å². The molecule has 0 aromatic heterocycles. The first-order valence-corrected chi connectivity index (χ1v) is 20.7. The van der Waals surface area contributed by atoms with Gasteiger partial charge in [-0.3, -0.25) is 19.2 Å². The number of aldehydes is 1. The minimum atomic E-state index is -1.51. The molecule has 0 aromatic carbocycles. The number of fused-ring (bicyclic) bond motifs is 1. The van der Waals surface area contributed by atoms with Crippen LogP contribution in [0.2, 0.25) is 0 Å². The van der Waals surface area contributed by atoms with Gasteiger partial charge in [0.1, 0.15) is 48.5 Å². The first-order valence-electron chi connectivity index (χ1n) is 20.7. The van der Waals surface area contributed by atoms with E-state index in [1.54, 1.807) is 59.7 Å². The number of carbonyl (C=O) groups is 5. The molecule has 4 heterocycles. The molecule has 17 heteroatoms. The lowest BCUT2D eigenvalue weighted by Gasteiger charge is -2.50. The molecular weight excluding hydrogens is 774 g/mol. The van der Waals surface area contributed by atoms with Crippen molar-refractivity contribution in [2.75, 3.05) is 21.2 Å². The molecule has 3 fully saturated rings. The van der Waals surface area contributed by atoms with Gasteiger partial charge in [0.2, 0.25) is 0 Å². The number of methoxy groups -OCH3 is 1. The van der Waals surface area contributed by atoms with Crippen LogP contribution in [0, 0.1) is 17.8 Å². The van der Waals surface area contributed by atoms with Crippen molar-refractivity contribution in [1.82, 2.24) is 4.90 Å². The Morgan fingerprint density at radius 2 is 1.69 bits per heavy atom. The zero-order valence-electron chi connectivity index (χ0n) is 36.3. The Hall–Kier alpha value is -2.87. The largest absolute Gasteiger partial charge is 0.462 e. The van der Waals surface area contributed by atoms with E-state index in [2.05, 4.69) is 0 Å². The quantitative estimate of drug-likeness (QED) is 0.125. The van der Waals surface area contributed by atoms with Gasteiger partial charge in [0, 0.05) is 45.6 Å². The van der Waals surface area contributed by atoms with Crippen molar-refractivity contribution >= 4 is 30.0 Å². The van der Waals surface area contributed by atoms with Gasteiger partial charge >= 0.3 is 17.9 Å². The molecule has 0 aromatic rings. The lowest BCUT2D eigenvalue weighted by molar-refractivity contribution is -0.344. The zero-order chi connectivity index (χ0) is 43.9. The van der Waals surface area contributed by atoms with Crippen LogP contribution in [0.1, 0.15) is 93.9 Å². The molecule has 0 saturated carbocycles. The first kappa shape index (κ1) is 48.8. The van der Waals surface area contributed by atoms with Crippen molar-refractivity contribution in [3.8, 4) is 0 Å². The van der Waals surface area contributed by atoms with Crippen molar-refractivity contribution < 1.29 is 76.8 Å². The maximum absolute atomic E-state index is 13.4. The molecular formula is C42H67NO16. The number of nitrogens with zero attached hydrogens (tertiary/aromatic N) is 1. The van der Waals surface area contributed by atoms with E-state index in [1.165, 1.54) is 20.1 Å². The number of aliphatic hydroxyl groups excluding tert-OH is 1. The van der Waals surface area contributed by atoms with E-state index in [1.807, 2.05) is 13.8 Å². The molecule has 0 bridgehead atoms. The van der Waals surface area contributed by atoms with E-state index >= 15 is 0 Å². The highest BCUT2D eigenvalue weighted by Crippen LogP contribution is 2.38. The van der Waals surface area contributed by atoms with Gasteiger partial charge in [0.25, 0.3) is 0 Å². The minimum absolute atomic E-state index is 0.0551. The predicted molar refractivity (Wildman–Crippen MR) is 208 cm³/mol. The molecule has 0 amide bonds. The van der Waals surface area contributed by atoms with E-state index in [0.717, 1.165) is 0 Å². The Kier molecular flexibility index (Phi) is 17.6. The normalized spacial score (nSPS) is 41.7. The third kappa shape index (κ3) is 13.3. The fraction of sp³-hybridized carbons (Fsp3) is 0.833. The van der Waals surface area contributed by atoms with E-state index in [9.17, 15) is 34.2 Å². The van der Waals surface area contributed by atoms with E-state index in [0.29, 0.717) is 12.7 Å². The molecule has 0 radical (unpaired) electrons. The summed E-state index contributed by atoms with van der Waals surface area (Å²) in [5.74, 6) is -3.35. The molecule has 4 aliphatic rings. The number of ether oxygens (including phenoxy) is 9. The third-order valence-electron chi connectivity index (χ3n) is 11.4. The van der Waals surface area contributed by atoms with Crippen LogP contribution in [-0.2, 0) is 66.6 Å². The summed E-state index contributed by atoms with van der Waals surface area (Å²) >= 11 is 0. The van der Waals surface area contributed by atoms with Crippen molar-refractivity contribution in [2.24, 2.45) is 17.8 Å². The summed E-state index contributed by atoms with van der Waals surface area (Å²) in [6, 6.07) is -0.800. The summed E-state index contributed by atoms with van der Waals surface area (Å²) in [4.78, 5) is 65.8. The summed E-state index contributed by atoms with van der Waals surface area (Å²) in [7, 11) is 4.82. The van der Waals surface area contributed by atoms with Gasteiger partial charge in [0.15, 0.2) is 24.5 Å². The van der Waals surface area contributed by atoms with Gasteiger partial charge in [-0.1, -0.05) is 20.8 Å². The van der Waals surface area contributed by atoms with Crippen LogP contribution in [0.15, 0.2) is 12.2 Å². The number of hydrogen-bond acceptors (Lipinski definition) is 17. The van der Waals surface area contributed by atoms with E-state index in [4.69, 9.17) is 42.6 Å². The highest BCUT2D eigenvalue weighted by molar-refractivity contribution is 5.91. The second-order valence-electron chi connectivity index (χ2n) is 17.5. The number of allylic oxidation sites excluding steroid dienone is 1. The number of hydrogen-bond donors (Lipinski definition) is 2. The summed E-state index contributed by atoms with van der Waals surface area (Å²) in [6.07, 6.45) is -7.99. The Morgan fingerprint density at radius 1 is 1.00 bits per heavy atom. The molecule has 0 spiro atoms. The zero-order valence-corrected chi connectivity index (χ0v) is 36.3. The topological polar surface area (TPSA) is 215 Å². The summed E-state index contributed by atoms with van der Waals surface area (Å²) in [5.41, 5.74) is -1.51. The Bertz CT molecular complexity index is 1470. The van der Waals surface area contributed by atoms with Gasteiger partial charge < -0.3 is 62.5 Å². The maximum Gasteiger partial charge on any atom is 0.309 e. The van der Waals surface area contributed by atoms with Crippen LogP contribution in [0.25, 0.3) is 0 Å². The van der Waals surface area contributed by atoms with Crippen molar-refractivity contribution in [3.05, 3.63) is 12.2 Å². The first-order chi connectivity index (χ1) is 27.6. The number of cyclic esters (lactones) is 1. The molecule has 0 aliphatic carbocycles. The Morgan fingerprint density at radius 3 is 2.29 bits per heavy atom. The van der Waals surface area contributed by atoms with Crippen molar-refractivity contribution in [1.29, 1.82) is 0 Å². The fourth-order valence-electron chi connectivity index (χ4n) is 8.51. The maximum atomic E-state index is 13.4. The van der Waals surface area contributed by atoms with Gasteiger partial charge in [-0.05, 0) is 72.2 Å². The standard InChI is InChI=1S/C42H67NO16/c1-21(2)16-32(47)57-40-25(6)53-34(20-42(40,8)50)58-37-24(5)54-41(36(49)35(37)43(9)10)59-38-27(14-15-44)17-22(3)28(46)12-13-29-30(56-29)18-23(4)52-33(48)19-31(39(38)51-11)55-26(7)45/h12-13,15,21-25,27,29-31,34-41,49-50H,14,16-20H2,1-11H3/b13-12+/t22-,23-,24-,25+,27+,29-,30+,31-,34-,35-,36-,37+,38+,39-,40-,41+,42+/m1/s1. The molecule has 17 atom stereocenters. The molecule has 336 valence electrons.